The van der Waals surface area contributed by atoms with Gasteiger partial charge in [0, 0.05) is 46.2 Å². The predicted molar refractivity (Wildman–Crippen MR) is 202 cm³/mol. The van der Waals surface area contributed by atoms with Crippen LogP contribution in [0.2, 0.25) is 0 Å². The van der Waals surface area contributed by atoms with Gasteiger partial charge >= 0.3 is 5.97 Å². The van der Waals surface area contributed by atoms with Gasteiger partial charge in [-0.2, -0.15) is 0 Å². The highest BCUT2D eigenvalue weighted by atomic mass is 16.7. The topological polar surface area (TPSA) is 166 Å². The summed E-state index contributed by atoms with van der Waals surface area (Å²) in [6, 6.07) is -0.636. The number of nitrogens with zero attached hydrogens (tertiary/aromatic N) is 2. The Labute approximate surface area is 323 Å². The number of ether oxygens (including phenoxy) is 7. The van der Waals surface area contributed by atoms with Crippen LogP contribution in [-0.4, -0.2) is 157 Å². The Morgan fingerprint density at radius 2 is 1.70 bits per heavy atom. The van der Waals surface area contributed by atoms with Gasteiger partial charge in [-0.15, -0.1) is 0 Å². The largest absolute Gasteiger partial charge is 0.458 e. The van der Waals surface area contributed by atoms with E-state index in [2.05, 4.69) is 24.8 Å². The van der Waals surface area contributed by atoms with Gasteiger partial charge in [0.25, 0.3) is 0 Å². The Hall–Kier alpha value is -1.72. The van der Waals surface area contributed by atoms with E-state index >= 15 is 0 Å². The summed E-state index contributed by atoms with van der Waals surface area (Å²) in [4.78, 5) is 30.7. The summed E-state index contributed by atoms with van der Waals surface area (Å²) >= 11 is 0. The van der Waals surface area contributed by atoms with Crippen LogP contribution in [-0.2, 0) is 42.7 Å². The molecule has 3 aliphatic heterocycles. The summed E-state index contributed by atoms with van der Waals surface area (Å²) < 4.78 is 42.9. The number of likely N-dealkylation sites (N-methyl/N-ethyl adjacent to an activating group) is 2. The molecular weight excluding hydrogens is 700 g/mol. The minimum Gasteiger partial charge on any atom is -0.458 e. The summed E-state index contributed by atoms with van der Waals surface area (Å²) in [5.74, 6) is -2.43. The van der Waals surface area contributed by atoms with E-state index in [-0.39, 0.29) is 30.9 Å². The fraction of sp³-hybridized carbons (Fsp3) is 0.900. The molecule has 0 aromatic rings. The van der Waals surface area contributed by atoms with Gasteiger partial charge < -0.3 is 53.4 Å². The SMILES string of the molecule is CC[C@H]1OC(=O)[C@H](C)[C@@H](O[C@H]2C[C@@](C)(OC)[C@@H](O)[C@H](C)O2)[C@H](C)[C@@H](O[C@@H]2O[C@H](C)C[C@H](N(C)C(=O)COC)[C@H]2O)[C@](C)(O)C[C@@H](C)CN(C)[C@H](C)/C=C/1C. The first-order chi connectivity index (χ1) is 25.1. The lowest BCUT2D eigenvalue weighted by Gasteiger charge is -2.49. The van der Waals surface area contributed by atoms with Crippen molar-refractivity contribution < 1.29 is 58.1 Å². The first-order valence-electron chi connectivity index (χ1n) is 19.7. The van der Waals surface area contributed by atoms with Crippen LogP contribution in [0.1, 0.15) is 94.9 Å². The molecule has 2 saturated heterocycles. The van der Waals surface area contributed by atoms with Crippen LogP contribution < -0.4 is 0 Å². The molecule has 0 saturated carbocycles. The van der Waals surface area contributed by atoms with Gasteiger partial charge in [0.15, 0.2) is 12.6 Å². The van der Waals surface area contributed by atoms with Crippen LogP contribution in [0.4, 0.5) is 0 Å². The molecule has 0 spiro atoms. The number of carbonyl (C=O) groups is 2. The minimum atomic E-state index is -1.54. The lowest BCUT2D eigenvalue weighted by atomic mass is 9.77. The van der Waals surface area contributed by atoms with Gasteiger partial charge in [-0.25, -0.2) is 0 Å². The molecule has 0 aliphatic carbocycles. The van der Waals surface area contributed by atoms with E-state index in [1.807, 2.05) is 34.7 Å². The van der Waals surface area contributed by atoms with Gasteiger partial charge in [-0.1, -0.05) is 26.8 Å². The molecule has 16 atom stereocenters. The van der Waals surface area contributed by atoms with Crippen molar-refractivity contribution >= 4 is 11.9 Å². The number of aliphatic hydroxyl groups is 3. The van der Waals surface area contributed by atoms with Gasteiger partial charge in [-0.05, 0) is 86.3 Å². The summed E-state index contributed by atoms with van der Waals surface area (Å²) in [5, 5.41) is 35.3. The average molecular weight is 773 g/mol. The molecule has 14 heteroatoms. The molecule has 3 N–H and O–H groups in total. The third-order valence-electron chi connectivity index (χ3n) is 12.0. The maximum absolute atomic E-state index is 14.2. The predicted octanol–water partition coefficient (Wildman–Crippen LogP) is 3.28. The number of rotatable bonds is 9. The lowest BCUT2D eigenvalue weighted by Crippen LogP contribution is -2.61. The normalized spacial score (nSPS) is 44.7. The van der Waals surface area contributed by atoms with E-state index in [0.29, 0.717) is 25.8 Å². The number of methoxy groups -OCH3 is 2. The minimum absolute atomic E-state index is 0.0191. The maximum Gasteiger partial charge on any atom is 0.311 e. The number of carbonyl (C=O) groups excluding carboxylic acids is 2. The van der Waals surface area contributed by atoms with E-state index < -0.39 is 90.4 Å². The Morgan fingerprint density at radius 3 is 2.30 bits per heavy atom. The number of aliphatic hydroxyl groups excluding tert-OH is 2. The van der Waals surface area contributed by atoms with E-state index in [1.165, 1.54) is 19.1 Å². The molecule has 0 aromatic carbocycles. The van der Waals surface area contributed by atoms with Crippen LogP contribution in [0.5, 0.6) is 0 Å². The van der Waals surface area contributed by atoms with Gasteiger partial charge in [0.2, 0.25) is 5.91 Å². The zero-order valence-electron chi connectivity index (χ0n) is 35.3. The first-order valence-corrected chi connectivity index (χ1v) is 19.7. The van der Waals surface area contributed by atoms with Crippen molar-refractivity contribution in [2.75, 3.05) is 41.5 Å². The summed E-state index contributed by atoms with van der Waals surface area (Å²) in [7, 11) is 6.60. The molecule has 3 aliphatic rings. The second kappa shape index (κ2) is 19.6. The smallest absolute Gasteiger partial charge is 0.311 e. The van der Waals surface area contributed by atoms with Gasteiger partial charge in [0.1, 0.15) is 24.9 Å². The number of amides is 1. The van der Waals surface area contributed by atoms with Gasteiger partial charge in [-0.3, -0.25) is 14.5 Å². The van der Waals surface area contributed by atoms with Crippen molar-refractivity contribution in [1.82, 2.24) is 9.80 Å². The van der Waals surface area contributed by atoms with Crippen molar-refractivity contribution in [3.63, 3.8) is 0 Å². The number of hydrogen-bond acceptors (Lipinski definition) is 13. The molecule has 0 bridgehead atoms. The number of cyclic esters (lactones) is 1. The molecule has 314 valence electrons. The quantitative estimate of drug-likeness (QED) is 0.231. The Bertz CT molecular complexity index is 1250. The second-order valence-electron chi connectivity index (χ2n) is 16.9. The van der Waals surface area contributed by atoms with Crippen molar-refractivity contribution in [2.24, 2.45) is 17.8 Å². The highest BCUT2D eigenvalue weighted by Gasteiger charge is 2.51. The molecular formula is C40H72N2O12. The summed E-state index contributed by atoms with van der Waals surface area (Å²) in [6.45, 7) is 19.2. The Balaban J connectivity index is 2.15. The van der Waals surface area contributed by atoms with Crippen LogP contribution in [0.15, 0.2) is 11.6 Å². The molecule has 54 heavy (non-hydrogen) atoms. The second-order valence-corrected chi connectivity index (χ2v) is 16.9. The van der Waals surface area contributed by atoms with Crippen molar-refractivity contribution in [3.05, 3.63) is 11.6 Å². The molecule has 3 heterocycles. The highest BCUT2D eigenvalue weighted by molar-refractivity contribution is 5.77. The first kappa shape index (κ1) is 46.7. The number of esters is 1. The van der Waals surface area contributed by atoms with Crippen molar-refractivity contribution in [3.8, 4) is 0 Å². The zero-order chi connectivity index (χ0) is 40.9. The molecule has 0 radical (unpaired) electrons. The van der Waals surface area contributed by atoms with Crippen LogP contribution in [0.3, 0.4) is 0 Å². The van der Waals surface area contributed by atoms with E-state index in [0.717, 1.165) is 5.57 Å². The van der Waals surface area contributed by atoms with Crippen LogP contribution in [0, 0.1) is 17.8 Å². The lowest BCUT2D eigenvalue weighted by molar-refractivity contribution is -0.317. The zero-order valence-corrected chi connectivity index (χ0v) is 35.3. The van der Waals surface area contributed by atoms with Crippen molar-refractivity contribution in [2.45, 2.75) is 174 Å². The van der Waals surface area contributed by atoms with Gasteiger partial charge in [0.05, 0.1) is 47.6 Å². The van der Waals surface area contributed by atoms with E-state index in [1.54, 1.807) is 34.7 Å². The van der Waals surface area contributed by atoms with Crippen LogP contribution in [0.25, 0.3) is 0 Å². The maximum atomic E-state index is 14.2. The summed E-state index contributed by atoms with van der Waals surface area (Å²) in [6.07, 6.45) is -4.40. The monoisotopic (exact) mass is 773 g/mol. The third-order valence-corrected chi connectivity index (χ3v) is 12.0. The molecule has 0 aromatic heterocycles. The molecule has 2 fully saturated rings. The standard InChI is InChI=1S/C40H72N2O12/c1-15-30-23(3)16-24(4)41(11)20-22(2)18-39(9,47)36(54-38-33(44)29(17-25(5)50-38)42(12)31(43)21-48-13)26(6)34(27(7)37(46)52-30)53-32-19-40(10,49-14)35(45)28(8)51-32/h16,22,24-30,32-36,38,44-45,47H,15,17-21H2,1-14H3/b23-16+/t22-,24-,25-,26+,27-,28+,29+,30-,32+,33-,34+,35+,36-,38+,39-,40-/m1/s1. The van der Waals surface area contributed by atoms with E-state index in [9.17, 15) is 24.9 Å². The summed E-state index contributed by atoms with van der Waals surface area (Å²) in [5.41, 5.74) is -1.60. The number of hydrogen-bond donors (Lipinski definition) is 3. The molecule has 0 unspecified atom stereocenters. The van der Waals surface area contributed by atoms with Crippen LogP contribution >= 0.6 is 0 Å². The Morgan fingerprint density at radius 1 is 1.06 bits per heavy atom. The average Bonchev–Trinajstić information content (AvgIpc) is 3.10. The van der Waals surface area contributed by atoms with E-state index in [4.69, 9.17) is 33.2 Å². The fourth-order valence-corrected chi connectivity index (χ4v) is 8.60. The highest BCUT2D eigenvalue weighted by Crippen LogP contribution is 2.39. The van der Waals surface area contributed by atoms with Crippen molar-refractivity contribution in [1.29, 1.82) is 0 Å². The molecule has 1 amide bonds. The third kappa shape index (κ3) is 11.2. The fourth-order valence-electron chi connectivity index (χ4n) is 8.60. The Kier molecular flexibility index (Phi) is 17.0. The molecule has 14 nitrogen and oxygen atoms in total. The molecule has 3 rings (SSSR count).